The summed E-state index contributed by atoms with van der Waals surface area (Å²) >= 11 is 0. The van der Waals surface area contributed by atoms with Crippen LogP contribution in [0.4, 0.5) is 0 Å². The van der Waals surface area contributed by atoms with E-state index in [-0.39, 0.29) is 0 Å². The topological polar surface area (TPSA) is 0 Å². The minimum Gasteiger partial charge on any atom is -0.0648 e. The summed E-state index contributed by atoms with van der Waals surface area (Å²) in [6.45, 7) is 29.9. The van der Waals surface area contributed by atoms with Gasteiger partial charge in [0.2, 0.25) is 0 Å². The van der Waals surface area contributed by atoms with Crippen LogP contribution < -0.4 is 0 Å². The van der Waals surface area contributed by atoms with Crippen LogP contribution in [0.25, 0.3) is 0 Å². The minimum atomic E-state index is 0.357. The quantitative estimate of drug-likeness (QED) is 0.463. The normalized spacial score (nSPS) is 35.9. The monoisotopic (exact) mass is 308 g/mol. The molecule has 0 radical (unpaired) electrons. The Morgan fingerprint density at radius 1 is 0.909 bits per heavy atom. The average Bonchev–Trinajstić information content (AvgIpc) is 2.95. The van der Waals surface area contributed by atoms with Crippen LogP contribution in [0.3, 0.4) is 0 Å². The zero-order valence-electron chi connectivity index (χ0n) is 17.7. The standard InChI is InChI=1S/C22H44/c1-13-21(11,19(8)22(12)17(6)18(22)7)20(9,10)16(5)15(4)14(2)3/h14-19H,13H2,1-12H3. The van der Waals surface area contributed by atoms with Crippen LogP contribution in [0.2, 0.25) is 0 Å². The fraction of sp³-hybridized carbons (Fsp3) is 1.00. The lowest BCUT2D eigenvalue weighted by molar-refractivity contribution is -0.0685. The second kappa shape index (κ2) is 6.14. The van der Waals surface area contributed by atoms with Crippen molar-refractivity contribution in [2.75, 3.05) is 0 Å². The lowest BCUT2D eigenvalue weighted by Crippen LogP contribution is -2.49. The summed E-state index contributed by atoms with van der Waals surface area (Å²) in [7, 11) is 0. The first kappa shape index (κ1) is 20.0. The molecule has 0 amide bonds. The Bertz CT molecular complexity index is 369. The molecule has 6 unspecified atom stereocenters. The second-order valence-electron chi connectivity index (χ2n) is 10.0. The van der Waals surface area contributed by atoms with E-state index in [1.807, 2.05) is 0 Å². The first-order valence-corrected chi connectivity index (χ1v) is 9.80. The van der Waals surface area contributed by atoms with Crippen molar-refractivity contribution >= 4 is 0 Å². The van der Waals surface area contributed by atoms with E-state index in [1.54, 1.807) is 0 Å². The van der Waals surface area contributed by atoms with Gasteiger partial charge in [0.25, 0.3) is 0 Å². The van der Waals surface area contributed by atoms with Gasteiger partial charge in [-0.05, 0) is 58.2 Å². The molecule has 1 aliphatic carbocycles. The Hall–Kier alpha value is 0. The molecule has 1 fully saturated rings. The van der Waals surface area contributed by atoms with Gasteiger partial charge in [0.05, 0.1) is 0 Å². The highest BCUT2D eigenvalue weighted by molar-refractivity contribution is 5.12. The smallest absolute Gasteiger partial charge is 0.0238 e. The summed E-state index contributed by atoms with van der Waals surface area (Å²) in [5.41, 5.74) is 1.28. The van der Waals surface area contributed by atoms with Gasteiger partial charge < -0.3 is 0 Å². The zero-order valence-corrected chi connectivity index (χ0v) is 17.7. The minimum absolute atomic E-state index is 0.357. The van der Waals surface area contributed by atoms with Crippen molar-refractivity contribution in [3.05, 3.63) is 0 Å². The van der Waals surface area contributed by atoms with Crippen molar-refractivity contribution in [1.82, 2.24) is 0 Å². The molecule has 0 saturated heterocycles. The molecule has 1 rings (SSSR count). The van der Waals surface area contributed by atoms with Crippen molar-refractivity contribution in [2.24, 2.45) is 51.8 Å². The van der Waals surface area contributed by atoms with Crippen molar-refractivity contribution < 1.29 is 0 Å². The van der Waals surface area contributed by atoms with Crippen LogP contribution >= 0.6 is 0 Å². The molecule has 1 aliphatic rings. The maximum absolute atomic E-state index is 2.59. The average molecular weight is 309 g/mol. The highest BCUT2D eigenvalue weighted by Crippen LogP contribution is 2.69. The molecule has 0 aromatic carbocycles. The lowest BCUT2D eigenvalue weighted by atomic mass is 9.49. The molecule has 22 heavy (non-hydrogen) atoms. The molecule has 0 aromatic rings. The molecule has 0 nitrogen and oxygen atoms in total. The van der Waals surface area contributed by atoms with Gasteiger partial charge in [-0.15, -0.1) is 0 Å². The summed E-state index contributed by atoms with van der Waals surface area (Å²) in [6.07, 6.45) is 1.28. The van der Waals surface area contributed by atoms with E-state index in [1.165, 1.54) is 6.42 Å². The SMILES string of the molecule is CCC(C)(C(C)C1(C)C(C)C1C)C(C)(C)C(C)C(C)C(C)C. The third kappa shape index (κ3) is 2.67. The third-order valence-electron chi connectivity index (χ3n) is 9.68. The molecule has 0 heteroatoms. The maximum atomic E-state index is 2.59. The van der Waals surface area contributed by atoms with E-state index in [4.69, 9.17) is 0 Å². The summed E-state index contributed by atoms with van der Waals surface area (Å²) in [6, 6.07) is 0. The summed E-state index contributed by atoms with van der Waals surface area (Å²) in [4.78, 5) is 0. The molecular weight excluding hydrogens is 264 g/mol. The Labute approximate surface area is 141 Å². The van der Waals surface area contributed by atoms with E-state index < -0.39 is 0 Å². The molecule has 132 valence electrons. The molecule has 0 N–H and O–H groups in total. The van der Waals surface area contributed by atoms with E-state index in [0.29, 0.717) is 16.2 Å². The summed E-state index contributed by atoms with van der Waals surface area (Å²) in [5.74, 6) is 4.80. The van der Waals surface area contributed by atoms with Crippen LogP contribution in [-0.2, 0) is 0 Å². The van der Waals surface area contributed by atoms with Gasteiger partial charge >= 0.3 is 0 Å². The predicted molar refractivity (Wildman–Crippen MR) is 101 cm³/mol. The molecule has 1 saturated carbocycles. The predicted octanol–water partition coefficient (Wildman–Crippen LogP) is 7.29. The lowest BCUT2D eigenvalue weighted by Gasteiger charge is -2.55. The van der Waals surface area contributed by atoms with E-state index in [0.717, 1.165) is 35.5 Å². The Morgan fingerprint density at radius 2 is 1.32 bits per heavy atom. The Kier molecular flexibility index (Phi) is 5.59. The van der Waals surface area contributed by atoms with Crippen LogP contribution in [0.1, 0.15) is 89.5 Å². The van der Waals surface area contributed by atoms with E-state index >= 15 is 0 Å². The van der Waals surface area contributed by atoms with Crippen molar-refractivity contribution in [1.29, 1.82) is 0 Å². The molecule has 0 heterocycles. The molecule has 0 bridgehead atoms. The highest BCUT2D eigenvalue weighted by atomic mass is 14.7. The van der Waals surface area contributed by atoms with Gasteiger partial charge in [0, 0.05) is 0 Å². The van der Waals surface area contributed by atoms with Gasteiger partial charge in [0.1, 0.15) is 0 Å². The number of hydrogen-bond acceptors (Lipinski definition) is 0. The fourth-order valence-electron chi connectivity index (χ4n) is 5.57. The maximum Gasteiger partial charge on any atom is -0.0238 e. The molecule has 6 atom stereocenters. The van der Waals surface area contributed by atoms with E-state index in [2.05, 4.69) is 83.1 Å². The van der Waals surface area contributed by atoms with Crippen LogP contribution in [-0.4, -0.2) is 0 Å². The first-order valence-electron chi connectivity index (χ1n) is 9.80. The van der Waals surface area contributed by atoms with Crippen LogP contribution in [0.15, 0.2) is 0 Å². The van der Waals surface area contributed by atoms with Crippen LogP contribution in [0, 0.1) is 51.8 Å². The molecule has 0 aliphatic heterocycles. The molecule has 0 spiro atoms. The van der Waals surface area contributed by atoms with Gasteiger partial charge in [-0.2, -0.15) is 0 Å². The van der Waals surface area contributed by atoms with Gasteiger partial charge in [0.15, 0.2) is 0 Å². The summed E-state index contributed by atoms with van der Waals surface area (Å²) < 4.78 is 0. The van der Waals surface area contributed by atoms with Crippen molar-refractivity contribution in [3.8, 4) is 0 Å². The summed E-state index contributed by atoms with van der Waals surface area (Å²) in [5, 5.41) is 0. The first-order chi connectivity index (χ1) is 9.80. The Balaban J connectivity index is 3.16. The van der Waals surface area contributed by atoms with Crippen molar-refractivity contribution in [2.45, 2.75) is 89.5 Å². The van der Waals surface area contributed by atoms with Gasteiger partial charge in [-0.1, -0.05) is 83.1 Å². The van der Waals surface area contributed by atoms with E-state index in [9.17, 15) is 0 Å². The second-order valence-corrected chi connectivity index (χ2v) is 10.0. The largest absolute Gasteiger partial charge is 0.0648 e. The molecule has 0 aromatic heterocycles. The van der Waals surface area contributed by atoms with Crippen molar-refractivity contribution in [3.63, 3.8) is 0 Å². The Morgan fingerprint density at radius 3 is 1.59 bits per heavy atom. The third-order valence-corrected chi connectivity index (χ3v) is 9.68. The van der Waals surface area contributed by atoms with Gasteiger partial charge in [-0.3, -0.25) is 0 Å². The highest BCUT2D eigenvalue weighted by Gasteiger charge is 2.64. The number of rotatable bonds is 7. The zero-order chi connectivity index (χ0) is 17.7. The van der Waals surface area contributed by atoms with Crippen LogP contribution in [0.5, 0.6) is 0 Å². The molecular formula is C22H44. The fourth-order valence-corrected chi connectivity index (χ4v) is 5.57. The van der Waals surface area contributed by atoms with Gasteiger partial charge in [-0.25, -0.2) is 0 Å². The number of hydrogen-bond donors (Lipinski definition) is 0.